The Morgan fingerprint density at radius 1 is 0.907 bits per heavy atom. The molecule has 0 aliphatic rings. The standard InChI is InChI=1S/C28H38N6O8S/c1-27(2,3)24(35)40-14-20(15-41-25(36)28(4,5)6)34(43(7,38)39)18-33-17-31-21-22(29-16-30-23(21)33)32-26(37)42-13-19-11-9-8-10-12-19/h8-12,16-17,20H,13-15,18H2,1-7H3,(H,29,30,32,37). The molecule has 0 aliphatic heterocycles. The summed E-state index contributed by atoms with van der Waals surface area (Å²) in [6.45, 7) is 8.96. The van der Waals surface area contributed by atoms with Crippen LogP contribution in [0.15, 0.2) is 43.0 Å². The van der Waals surface area contributed by atoms with E-state index in [-0.39, 0.29) is 43.5 Å². The highest BCUT2D eigenvalue weighted by atomic mass is 32.2. The Kier molecular flexibility index (Phi) is 10.5. The molecular formula is C28H38N6O8S. The summed E-state index contributed by atoms with van der Waals surface area (Å²) in [5.74, 6) is -1.05. The number of sulfonamides is 1. The zero-order chi connectivity index (χ0) is 32.0. The number of nitrogens with one attached hydrogen (secondary N) is 1. The molecule has 0 radical (unpaired) electrons. The minimum Gasteiger partial charge on any atom is -0.463 e. The fourth-order valence-corrected chi connectivity index (χ4v) is 4.56. The van der Waals surface area contributed by atoms with Crippen molar-refractivity contribution in [3.8, 4) is 0 Å². The minimum absolute atomic E-state index is 0.0413. The number of carbonyl (C=O) groups is 3. The number of imidazole rings is 1. The normalized spacial score (nSPS) is 12.4. The molecule has 3 rings (SSSR count). The van der Waals surface area contributed by atoms with Crippen LogP contribution in [0.5, 0.6) is 0 Å². The lowest BCUT2D eigenvalue weighted by atomic mass is 9.97. The van der Waals surface area contributed by atoms with Crippen LogP contribution < -0.4 is 5.32 Å². The predicted octanol–water partition coefficient (Wildman–Crippen LogP) is 3.34. The van der Waals surface area contributed by atoms with Crippen LogP contribution in [0.25, 0.3) is 11.2 Å². The van der Waals surface area contributed by atoms with Gasteiger partial charge in [0, 0.05) is 0 Å². The summed E-state index contributed by atoms with van der Waals surface area (Å²) in [6, 6.07) is 8.05. The Morgan fingerprint density at radius 2 is 1.49 bits per heavy atom. The second kappa shape index (κ2) is 13.5. The molecule has 15 heteroatoms. The summed E-state index contributed by atoms with van der Waals surface area (Å²) in [4.78, 5) is 50.0. The maximum atomic E-state index is 13.0. The fraction of sp³-hybridized carbons (Fsp3) is 0.500. The van der Waals surface area contributed by atoms with E-state index < -0.39 is 44.9 Å². The highest BCUT2D eigenvalue weighted by molar-refractivity contribution is 7.88. The lowest BCUT2D eigenvalue weighted by Crippen LogP contribution is -2.47. The van der Waals surface area contributed by atoms with Gasteiger partial charge in [-0.05, 0) is 47.1 Å². The maximum Gasteiger partial charge on any atom is 0.413 e. The van der Waals surface area contributed by atoms with Gasteiger partial charge in [0.2, 0.25) is 10.0 Å². The summed E-state index contributed by atoms with van der Waals surface area (Å²) in [6.07, 6.45) is 2.74. The molecule has 0 fully saturated rings. The van der Waals surface area contributed by atoms with E-state index in [0.717, 1.165) is 16.1 Å². The van der Waals surface area contributed by atoms with Crippen molar-refractivity contribution in [2.45, 2.75) is 60.9 Å². The quantitative estimate of drug-likeness (QED) is 0.247. The van der Waals surface area contributed by atoms with Crippen LogP contribution in [0.2, 0.25) is 0 Å². The number of carbonyl (C=O) groups excluding carboxylic acids is 3. The van der Waals surface area contributed by atoms with Crippen molar-refractivity contribution >= 4 is 45.0 Å². The average molecular weight is 619 g/mol. The van der Waals surface area contributed by atoms with Gasteiger partial charge in [0.15, 0.2) is 17.0 Å². The van der Waals surface area contributed by atoms with Crippen molar-refractivity contribution in [2.75, 3.05) is 24.8 Å². The van der Waals surface area contributed by atoms with Gasteiger partial charge >= 0.3 is 18.0 Å². The third-order valence-corrected chi connectivity index (χ3v) is 7.26. The molecule has 43 heavy (non-hydrogen) atoms. The highest BCUT2D eigenvalue weighted by Crippen LogP contribution is 2.22. The smallest absolute Gasteiger partial charge is 0.413 e. The Morgan fingerprint density at radius 3 is 2.02 bits per heavy atom. The van der Waals surface area contributed by atoms with Gasteiger partial charge in [0.05, 0.1) is 36.1 Å². The molecule has 1 aromatic carbocycles. The van der Waals surface area contributed by atoms with Crippen LogP contribution in [-0.4, -0.2) is 75.8 Å². The highest BCUT2D eigenvalue weighted by Gasteiger charge is 2.33. The summed E-state index contributed by atoms with van der Waals surface area (Å²) in [5.41, 5.74) is -0.495. The van der Waals surface area contributed by atoms with E-state index in [1.807, 2.05) is 30.3 Å². The monoisotopic (exact) mass is 618 g/mol. The number of hydrogen-bond donors (Lipinski definition) is 1. The molecule has 0 bridgehead atoms. The van der Waals surface area contributed by atoms with Gasteiger partial charge < -0.3 is 18.8 Å². The Hall–Kier alpha value is -4.11. The van der Waals surface area contributed by atoms with E-state index >= 15 is 0 Å². The number of ether oxygens (including phenoxy) is 3. The third-order valence-electron chi connectivity index (χ3n) is 6.00. The Labute approximate surface area is 250 Å². The van der Waals surface area contributed by atoms with Crippen LogP contribution in [0.1, 0.15) is 47.1 Å². The molecule has 0 saturated heterocycles. The molecule has 2 heterocycles. The van der Waals surface area contributed by atoms with Crippen LogP contribution in [0, 0.1) is 10.8 Å². The molecule has 234 valence electrons. The molecular weight excluding hydrogens is 580 g/mol. The number of aromatic nitrogens is 4. The maximum absolute atomic E-state index is 13.0. The number of fused-ring (bicyclic) bond motifs is 1. The van der Waals surface area contributed by atoms with E-state index in [0.29, 0.717) is 0 Å². The predicted molar refractivity (Wildman–Crippen MR) is 157 cm³/mol. The molecule has 1 N–H and O–H groups in total. The van der Waals surface area contributed by atoms with Crippen molar-refractivity contribution in [2.24, 2.45) is 10.8 Å². The van der Waals surface area contributed by atoms with E-state index in [4.69, 9.17) is 14.2 Å². The second-order valence-corrected chi connectivity index (χ2v) is 13.9. The van der Waals surface area contributed by atoms with Gasteiger partial charge in [-0.1, -0.05) is 30.3 Å². The van der Waals surface area contributed by atoms with E-state index in [1.54, 1.807) is 41.5 Å². The van der Waals surface area contributed by atoms with Crippen molar-refractivity contribution in [3.05, 3.63) is 48.5 Å². The second-order valence-electron chi connectivity index (χ2n) is 11.9. The zero-order valence-corrected chi connectivity index (χ0v) is 26.2. The average Bonchev–Trinajstić information content (AvgIpc) is 3.33. The van der Waals surface area contributed by atoms with Crippen molar-refractivity contribution in [1.82, 2.24) is 23.8 Å². The van der Waals surface area contributed by atoms with Crippen molar-refractivity contribution in [3.63, 3.8) is 0 Å². The van der Waals surface area contributed by atoms with Gasteiger partial charge in [-0.2, -0.15) is 4.31 Å². The zero-order valence-electron chi connectivity index (χ0n) is 25.4. The lowest BCUT2D eigenvalue weighted by Gasteiger charge is -2.31. The molecule has 14 nitrogen and oxygen atoms in total. The van der Waals surface area contributed by atoms with Crippen LogP contribution in [0.4, 0.5) is 10.6 Å². The SMILES string of the molecule is CC(C)(C)C(=O)OCC(COC(=O)C(C)(C)C)N(Cn1cnc2c(NC(=O)OCc3ccccc3)ncnc21)S(C)(=O)=O. The number of benzene rings is 1. The molecule has 3 aromatic rings. The summed E-state index contributed by atoms with van der Waals surface area (Å²) < 4.78 is 44.6. The molecule has 0 saturated carbocycles. The first-order valence-corrected chi connectivity index (χ1v) is 15.3. The summed E-state index contributed by atoms with van der Waals surface area (Å²) >= 11 is 0. The number of anilines is 1. The molecule has 0 spiro atoms. The third kappa shape index (κ3) is 9.44. The first-order chi connectivity index (χ1) is 20.0. The van der Waals surface area contributed by atoms with Gasteiger partial charge in [-0.15, -0.1) is 0 Å². The molecule has 0 aliphatic carbocycles. The van der Waals surface area contributed by atoms with Crippen LogP contribution in [-0.2, 0) is 47.1 Å². The van der Waals surface area contributed by atoms with E-state index in [9.17, 15) is 22.8 Å². The number of esters is 2. The van der Waals surface area contributed by atoms with Crippen molar-refractivity contribution < 1.29 is 37.0 Å². The van der Waals surface area contributed by atoms with E-state index in [2.05, 4.69) is 20.3 Å². The minimum atomic E-state index is -3.97. The first kappa shape index (κ1) is 33.4. The number of rotatable bonds is 11. The lowest BCUT2D eigenvalue weighted by molar-refractivity contribution is -0.158. The van der Waals surface area contributed by atoms with Crippen LogP contribution in [0.3, 0.4) is 0 Å². The number of hydrogen-bond acceptors (Lipinski definition) is 11. The number of amides is 1. The Balaban J connectivity index is 1.85. The van der Waals surface area contributed by atoms with Crippen molar-refractivity contribution in [1.29, 1.82) is 0 Å². The molecule has 2 aromatic heterocycles. The first-order valence-electron chi connectivity index (χ1n) is 13.4. The fourth-order valence-electron chi connectivity index (χ4n) is 3.56. The van der Waals surface area contributed by atoms with Crippen LogP contribution >= 0.6 is 0 Å². The number of nitrogens with zero attached hydrogens (tertiary/aromatic N) is 5. The topological polar surface area (TPSA) is 172 Å². The van der Waals surface area contributed by atoms with Gasteiger partial charge in [-0.25, -0.2) is 28.2 Å². The van der Waals surface area contributed by atoms with Gasteiger partial charge in [-0.3, -0.25) is 14.9 Å². The molecule has 1 amide bonds. The van der Waals surface area contributed by atoms with Gasteiger partial charge in [0.1, 0.15) is 26.1 Å². The molecule has 0 atom stereocenters. The largest absolute Gasteiger partial charge is 0.463 e. The van der Waals surface area contributed by atoms with E-state index in [1.165, 1.54) is 17.2 Å². The Bertz CT molecular complexity index is 1510. The molecule has 0 unspecified atom stereocenters. The van der Waals surface area contributed by atoms with Gasteiger partial charge in [0.25, 0.3) is 0 Å². The summed E-state index contributed by atoms with van der Waals surface area (Å²) in [5, 5.41) is 2.53. The summed E-state index contributed by atoms with van der Waals surface area (Å²) in [7, 11) is -3.97.